The first kappa shape index (κ1) is 15.9. The maximum Gasteiger partial charge on any atom is 0.347 e. The zero-order valence-corrected chi connectivity index (χ0v) is 13.9. The molecule has 24 heavy (non-hydrogen) atoms. The second kappa shape index (κ2) is 6.05. The molecule has 5 aliphatic rings. The van der Waals surface area contributed by atoms with Gasteiger partial charge in [-0.1, -0.05) is 0 Å². The summed E-state index contributed by atoms with van der Waals surface area (Å²) in [7, 11) is 0. The molecule has 1 N–H and O–H groups in total. The highest BCUT2D eigenvalue weighted by Gasteiger charge is 2.51. The molecule has 132 valence electrons. The average Bonchev–Trinajstić information content (AvgIpc) is 2.88. The Morgan fingerprint density at radius 3 is 2.29 bits per heavy atom. The van der Waals surface area contributed by atoms with Crippen molar-refractivity contribution in [3.8, 4) is 0 Å². The monoisotopic (exact) mass is 335 g/mol. The molecule has 4 aliphatic carbocycles. The standard InChI is InChI=1S/C18H25NO5/c20-15(19-10-16(21)24-14-1-2-23-17(14)22)9-18-6-11-3-12(7-18)5-13(4-11)8-18/h11-14H,1-10H2,(H,19,20)/t11?,12?,13?,14-,18?/m0/s1. The van der Waals surface area contributed by atoms with E-state index in [-0.39, 0.29) is 24.5 Å². The minimum Gasteiger partial charge on any atom is -0.463 e. The van der Waals surface area contributed by atoms with Gasteiger partial charge < -0.3 is 14.8 Å². The third-order valence-corrected chi connectivity index (χ3v) is 6.29. The quantitative estimate of drug-likeness (QED) is 0.771. The smallest absolute Gasteiger partial charge is 0.347 e. The Kier molecular flexibility index (Phi) is 4.01. The largest absolute Gasteiger partial charge is 0.463 e. The summed E-state index contributed by atoms with van der Waals surface area (Å²) < 4.78 is 9.79. The van der Waals surface area contributed by atoms with Crippen LogP contribution in [0.2, 0.25) is 0 Å². The normalized spacial score (nSPS) is 39.6. The molecule has 0 spiro atoms. The Hall–Kier alpha value is -1.59. The van der Waals surface area contributed by atoms with E-state index in [0.717, 1.165) is 17.8 Å². The summed E-state index contributed by atoms with van der Waals surface area (Å²) in [4.78, 5) is 35.4. The first-order chi connectivity index (χ1) is 11.5. The van der Waals surface area contributed by atoms with E-state index in [1.165, 1.54) is 38.5 Å². The highest BCUT2D eigenvalue weighted by atomic mass is 16.6. The number of carbonyl (C=O) groups is 3. The van der Waals surface area contributed by atoms with Gasteiger partial charge in [0.25, 0.3) is 0 Å². The van der Waals surface area contributed by atoms with E-state index >= 15 is 0 Å². The van der Waals surface area contributed by atoms with Crippen LogP contribution in [0, 0.1) is 23.2 Å². The van der Waals surface area contributed by atoms with Gasteiger partial charge in [-0.3, -0.25) is 9.59 Å². The Balaban J connectivity index is 1.25. The van der Waals surface area contributed by atoms with Crippen LogP contribution >= 0.6 is 0 Å². The molecule has 4 saturated carbocycles. The van der Waals surface area contributed by atoms with Gasteiger partial charge in [0.2, 0.25) is 12.0 Å². The van der Waals surface area contributed by atoms with E-state index in [4.69, 9.17) is 9.47 Å². The van der Waals surface area contributed by atoms with Gasteiger partial charge in [0, 0.05) is 12.8 Å². The molecule has 1 aliphatic heterocycles. The van der Waals surface area contributed by atoms with Crippen LogP contribution < -0.4 is 5.32 Å². The molecule has 5 rings (SSSR count). The number of cyclic esters (lactones) is 1. The average molecular weight is 335 g/mol. The molecule has 0 aromatic rings. The molecule has 6 nitrogen and oxygen atoms in total. The zero-order chi connectivity index (χ0) is 16.7. The molecule has 0 radical (unpaired) electrons. The summed E-state index contributed by atoms with van der Waals surface area (Å²) in [6.07, 6.45) is 7.68. The number of esters is 2. The number of amides is 1. The highest BCUT2D eigenvalue weighted by molar-refractivity contribution is 5.84. The van der Waals surface area contributed by atoms with Crippen LogP contribution in [0.5, 0.6) is 0 Å². The van der Waals surface area contributed by atoms with Crippen molar-refractivity contribution in [1.82, 2.24) is 5.32 Å². The van der Waals surface area contributed by atoms with Crippen LogP contribution in [0.15, 0.2) is 0 Å². The van der Waals surface area contributed by atoms with Crippen molar-refractivity contribution in [1.29, 1.82) is 0 Å². The highest BCUT2D eigenvalue weighted by Crippen LogP contribution is 2.61. The summed E-state index contributed by atoms with van der Waals surface area (Å²) in [5, 5.41) is 2.68. The van der Waals surface area contributed by atoms with Gasteiger partial charge in [-0.05, 0) is 61.7 Å². The van der Waals surface area contributed by atoms with Gasteiger partial charge in [0.05, 0.1) is 6.61 Å². The molecule has 1 saturated heterocycles. The molecule has 1 atom stereocenters. The summed E-state index contributed by atoms with van der Waals surface area (Å²) in [5.74, 6) is 1.29. The topological polar surface area (TPSA) is 81.7 Å². The maximum atomic E-state index is 12.3. The molecular weight excluding hydrogens is 310 g/mol. The summed E-state index contributed by atoms with van der Waals surface area (Å²) >= 11 is 0. The van der Waals surface area contributed by atoms with Crippen LogP contribution in [-0.2, 0) is 23.9 Å². The van der Waals surface area contributed by atoms with Crippen molar-refractivity contribution in [3.63, 3.8) is 0 Å². The number of carbonyl (C=O) groups excluding carboxylic acids is 3. The first-order valence-electron chi connectivity index (χ1n) is 9.14. The molecule has 0 aromatic heterocycles. The summed E-state index contributed by atoms with van der Waals surface area (Å²) in [6, 6.07) is 0. The fraction of sp³-hybridized carbons (Fsp3) is 0.833. The van der Waals surface area contributed by atoms with E-state index in [1.807, 2.05) is 0 Å². The molecule has 4 bridgehead atoms. The van der Waals surface area contributed by atoms with E-state index < -0.39 is 18.0 Å². The van der Waals surface area contributed by atoms with Crippen LogP contribution in [0.4, 0.5) is 0 Å². The lowest BCUT2D eigenvalue weighted by Crippen LogP contribution is -2.48. The zero-order valence-electron chi connectivity index (χ0n) is 13.9. The van der Waals surface area contributed by atoms with Crippen molar-refractivity contribution < 1.29 is 23.9 Å². The molecule has 6 heteroatoms. The SMILES string of the molecule is O=C(CC12CC3CC(CC(C3)C1)C2)NCC(=O)O[C@H]1CCOC1=O. The lowest BCUT2D eigenvalue weighted by atomic mass is 9.49. The maximum absolute atomic E-state index is 12.3. The fourth-order valence-corrected chi connectivity index (χ4v) is 5.87. The Labute approximate surface area is 141 Å². The Morgan fingerprint density at radius 1 is 1.12 bits per heavy atom. The van der Waals surface area contributed by atoms with E-state index in [1.54, 1.807) is 0 Å². The molecule has 1 heterocycles. The lowest BCUT2D eigenvalue weighted by Gasteiger charge is -2.56. The third-order valence-electron chi connectivity index (χ3n) is 6.29. The van der Waals surface area contributed by atoms with Crippen LogP contribution in [0.25, 0.3) is 0 Å². The van der Waals surface area contributed by atoms with Gasteiger partial charge in [-0.2, -0.15) is 0 Å². The molecule has 5 fully saturated rings. The van der Waals surface area contributed by atoms with E-state index in [9.17, 15) is 14.4 Å². The van der Waals surface area contributed by atoms with Gasteiger partial charge in [0.15, 0.2) is 0 Å². The minimum absolute atomic E-state index is 0.0668. The number of ether oxygens (including phenoxy) is 2. The predicted octanol–water partition coefficient (Wildman–Crippen LogP) is 1.57. The van der Waals surface area contributed by atoms with Gasteiger partial charge in [-0.25, -0.2) is 4.79 Å². The van der Waals surface area contributed by atoms with Crippen LogP contribution in [-0.4, -0.2) is 37.1 Å². The van der Waals surface area contributed by atoms with Crippen molar-refractivity contribution in [2.45, 2.75) is 57.5 Å². The second-order valence-corrected chi connectivity index (χ2v) is 8.31. The number of rotatable bonds is 5. The predicted molar refractivity (Wildman–Crippen MR) is 83.7 cm³/mol. The Bertz CT molecular complexity index is 522. The van der Waals surface area contributed by atoms with Crippen molar-refractivity contribution in [2.75, 3.05) is 13.2 Å². The third kappa shape index (κ3) is 3.15. The van der Waals surface area contributed by atoms with Gasteiger partial charge in [0.1, 0.15) is 6.54 Å². The van der Waals surface area contributed by atoms with Crippen molar-refractivity contribution in [2.24, 2.45) is 23.2 Å². The van der Waals surface area contributed by atoms with Gasteiger partial charge >= 0.3 is 11.9 Å². The second-order valence-electron chi connectivity index (χ2n) is 8.31. The minimum atomic E-state index is -0.808. The van der Waals surface area contributed by atoms with Crippen molar-refractivity contribution in [3.05, 3.63) is 0 Å². The Morgan fingerprint density at radius 2 is 1.75 bits per heavy atom. The molecular formula is C18H25NO5. The number of nitrogens with one attached hydrogen (secondary N) is 1. The van der Waals surface area contributed by atoms with Crippen LogP contribution in [0.3, 0.4) is 0 Å². The van der Waals surface area contributed by atoms with E-state index in [2.05, 4.69) is 5.32 Å². The fourth-order valence-electron chi connectivity index (χ4n) is 5.87. The van der Waals surface area contributed by atoms with Gasteiger partial charge in [-0.15, -0.1) is 0 Å². The number of hydrogen-bond donors (Lipinski definition) is 1. The summed E-state index contributed by atoms with van der Waals surface area (Å²) in [5.41, 5.74) is 0.165. The molecule has 1 amide bonds. The lowest BCUT2D eigenvalue weighted by molar-refractivity contribution is -0.159. The number of hydrogen-bond acceptors (Lipinski definition) is 5. The molecule has 0 unspecified atom stereocenters. The summed E-state index contributed by atoms with van der Waals surface area (Å²) in [6.45, 7) is 0.115. The molecule has 0 aromatic carbocycles. The van der Waals surface area contributed by atoms with E-state index in [0.29, 0.717) is 12.8 Å². The first-order valence-corrected chi connectivity index (χ1v) is 9.14. The van der Waals surface area contributed by atoms with Crippen LogP contribution in [0.1, 0.15) is 51.4 Å². The van der Waals surface area contributed by atoms with Crippen molar-refractivity contribution >= 4 is 17.8 Å².